The lowest BCUT2D eigenvalue weighted by Crippen LogP contribution is -2.55. The van der Waals surface area contributed by atoms with Gasteiger partial charge in [0.25, 0.3) is 0 Å². The zero-order chi connectivity index (χ0) is 16.5. The Labute approximate surface area is 121 Å². The van der Waals surface area contributed by atoms with Crippen molar-refractivity contribution < 1.29 is 42.0 Å². The molecule has 5 nitrogen and oxygen atoms in total. The highest BCUT2D eigenvalue weighted by Crippen LogP contribution is 2.33. The van der Waals surface area contributed by atoms with Gasteiger partial charge in [-0.3, -0.25) is 4.79 Å². The van der Waals surface area contributed by atoms with Crippen molar-refractivity contribution >= 4 is 11.5 Å². The Balaban J connectivity index is 2.19. The molecular formula is C13H10F4O5. The first kappa shape index (κ1) is 16.2. The molecule has 0 spiro atoms. The van der Waals surface area contributed by atoms with Gasteiger partial charge in [-0.2, -0.15) is 13.2 Å². The highest BCUT2D eigenvalue weighted by molar-refractivity contribution is 6.00. The van der Waals surface area contributed by atoms with Crippen LogP contribution in [0.25, 0.3) is 5.76 Å². The highest BCUT2D eigenvalue weighted by atomic mass is 19.4. The summed E-state index contributed by atoms with van der Waals surface area (Å²) in [7, 11) is 0. The van der Waals surface area contributed by atoms with Gasteiger partial charge in [-0.05, 0) is 0 Å². The summed E-state index contributed by atoms with van der Waals surface area (Å²) in [5, 5.41) is 17.5. The second-order valence-electron chi connectivity index (χ2n) is 4.44. The van der Waals surface area contributed by atoms with Crippen LogP contribution in [-0.4, -0.2) is 40.9 Å². The Morgan fingerprint density at radius 1 is 1.18 bits per heavy atom. The van der Waals surface area contributed by atoms with Gasteiger partial charge in [0.15, 0.2) is 5.76 Å². The maximum atomic E-state index is 13.5. The molecule has 1 atom stereocenters. The molecule has 22 heavy (non-hydrogen) atoms. The van der Waals surface area contributed by atoms with Gasteiger partial charge in [0.05, 0.1) is 0 Å². The van der Waals surface area contributed by atoms with Gasteiger partial charge in [-0.15, -0.1) is 0 Å². The molecule has 1 aliphatic rings. The van der Waals surface area contributed by atoms with E-state index in [0.717, 1.165) is 12.1 Å². The molecule has 1 heterocycles. The Hall–Kier alpha value is -2.13. The lowest BCUT2D eigenvalue weighted by molar-refractivity contribution is -0.362. The number of benzene rings is 1. The summed E-state index contributed by atoms with van der Waals surface area (Å²) < 4.78 is 60.3. The average molecular weight is 322 g/mol. The molecule has 0 fully saturated rings. The largest absolute Gasteiger partial charge is 0.461 e. The summed E-state index contributed by atoms with van der Waals surface area (Å²) in [6.07, 6.45) is -7.98. The first-order valence-electron chi connectivity index (χ1n) is 5.89. The van der Waals surface area contributed by atoms with Gasteiger partial charge in [0.2, 0.25) is 18.7 Å². The Kier molecular flexibility index (Phi) is 4.12. The quantitative estimate of drug-likeness (QED) is 0.502. The molecule has 1 unspecified atom stereocenters. The minimum absolute atomic E-state index is 0.00565. The van der Waals surface area contributed by atoms with E-state index in [2.05, 4.69) is 0 Å². The molecule has 1 aromatic rings. The van der Waals surface area contributed by atoms with Gasteiger partial charge < -0.3 is 19.7 Å². The number of hydrogen-bond acceptors (Lipinski definition) is 5. The number of aliphatic hydroxyl groups is 2. The van der Waals surface area contributed by atoms with Crippen LogP contribution in [0.3, 0.4) is 0 Å². The Morgan fingerprint density at radius 2 is 1.77 bits per heavy atom. The van der Waals surface area contributed by atoms with Crippen LogP contribution in [0.4, 0.5) is 17.6 Å². The van der Waals surface area contributed by atoms with Gasteiger partial charge in [-0.1, -0.05) is 24.3 Å². The van der Waals surface area contributed by atoms with E-state index in [1.54, 1.807) is 0 Å². The van der Waals surface area contributed by atoms with E-state index in [0.29, 0.717) is 11.3 Å². The summed E-state index contributed by atoms with van der Waals surface area (Å²) in [4.78, 5) is 11.6. The first-order chi connectivity index (χ1) is 10.1. The fourth-order valence-electron chi connectivity index (χ4n) is 1.66. The fourth-order valence-corrected chi connectivity index (χ4v) is 1.66. The number of ether oxygens (including phenoxy) is 2. The molecule has 0 radical (unpaired) electrons. The van der Waals surface area contributed by atoms with Crippen LogP contribution in [0, 0.1) is 0 Å². The van der Waals surface area contributed by atoms with Crippen molar-refractivity contribution in [3.63, 3.8) is 0 Å². The molecule has 0 saturated heterocycles. The SMILES string of the molecule is O=C(c1ccc(C2=COCO2)cc1)C(F)C(O)(O)C(F)(F)F. The number of ketones is 1. The molecule has 0 aliphatic carbocycles. The van der Waals surface area contributed by atoms with E-state index in [1.165, 1.54) is 18.4 Å². The molecule has 120 valence electrons. The zero-order valence-electron chi connectivity index (χ0n) is 10.8. The molecule has 0 amide bonds. The normalized spacial score (nSPS) is 16.5. The second-order valence-corrected chi connectivity index (χ2v) is 4.44. The van der Waals surface area contributed by atoms with Crippen LogP contribution >= 0.6 is 0 Å². The minimum Gasteiger partial charge on any atom is -0.461 e. The molecule has 0 aromatic heterocycles. The molecule has 1 aromatic carbocycles. The van der Waals surface area contributed by atoms with Crippen molar-refractivity contribution in [3.05, 3.63) is 41.7 Å². The van der Waals surface area contributed by atoms with Crippen LogP contribution in [0.5, 0.6) is 0 Å². The molecule has 0 saturated carbocycles. The molecule has 0 bridgehead atoms. The third-order valence-corrected chi connectivity index (χ3v) is 2.93. The van der Waals surface area contributed by atoms with Crippen LogP contribution in [0.15, 0.2) is 30.5 Å². The third kappa shape index (κ3) is 2.90. The van der Waals surface area contributed by atoms with Crippen LogP contribution in [-0.2, 0) is 9.47 Å². The number of Topliss-reactive ketones (excluding diaryl/α,β-unsaturated/α-hetero) is 1. The van der Waals surface area contributed by atoms with E-state index in [4.69, 9.17) is 19.7 Å². The predicted octanol–water partition coefficient (Wildman–Crippen LogP) is 1.75. The summed E-state index contributed by atoms with van der Waals surface area (Å²) in [6, 6.07) is 4.67. The monoisotopic (exact) mass is 322 g/mol. The molecule has 9 heteroatoms. The minimum atomic E-state index is -5.71. The maximum absolute atomic E-state index is 13.5. The first-order valence-corrected chi connectivity index (χ1v) is 5.89. The van der Waals surface area contributed by atoms with E-state index < -0.39 is 29.5 Å². The number of carbonyl (C=O) groups is 1. The third-order valence-electron chi connectivity index (χ3n) is 2.93. The fraction of sp³-hybridized carbons (Fsp3) is 0.308. The summed E-state index contributed by atoms with van der Waals surface area (Å²) in [5.74, 6) is -6.12. The van der Waals surface area contributed by atoms with Crippen LogP contribution in [0.1, 0.15) is 15.9 Å². The number of alkyl halides is 4. The standard InChI is InChI=1S/C13H10F4O5/c14-11(12(19,20)13(15,16)17)10(18)8-3-1-7(2-4-8)9-5-21-6-22-9/h1-5,11,19-20H,6H2. The van der Waals surface area contributed by atoms with Crippen molar-refractivity contribution in [2.24, 2.45) is 0 Å². The zero-order valence-corrected chi connectivity index (χ0v) is 10.8. The highest BCUT2D eigenvalue weighted by Gasteiger charge is 2.61. The second kappa shape index (κ2) is 5.58. The molecule has 1 aliphatic heterocycles. The van der Waals surface area contributed by atoms with E-state index in [-0.39, 0.29) is 6.79 Å². The lowest BCUT2D eigenvalue weighted by atomic mass is 9.99. The maximum Gasteiger partial charge on any atom is 0.446 e. The Morgan fingerprint density at radius 3 is 2.23 bits per heavy atom. The van der Waals surface area contributed by atoms with Gasteiger partial charge in [0, 0.05) is 11.1 Å². The smallest absolute Gasteiger partial charge is 0.446 e. The van der Waals surface area contributed by atoms with Crippen molar-refractivity contribution in [3.8, 4) is 0 Å². The number of hydrogen-bond donors (Lipinski definition) is 2. The predicted molar refractivity (Wildman–Crippen MR) is 63.9 cm³/mol. The Bertz CT molecular complexity index is 591. The van der Waals surface area contributed by atoms with Crippen molar-refractivity contribution in [2.45, 2.75) is 18.1 Å². The van der Waals surface area contributed by atoms with Gasteiger partial charge >= 0.3 is 12.0 Å². The lowest BCUT2D eigenvalue weighted by Gasteiger charge is -2.26. The van der Waals surface area contributed by atoms with E-state index in [9.17, 15) is 22.4 Å². The van der Waals surface area contributed by atoms with Gasteiger partial charge in [0.1, 0.15) is 6.26 Å². The van der Waals surface area contributed by atoms with Crippen LogP contribution in [0.2, 0.25) is 0 Å². The average Bonchev–Trinajstić information content (AvgIpc) is 2.99. The van der Waals surface area contributed by atoms with Crippen molar-refractivity contribution in [1.82, 2.24) is 0 Å². The number of carbonyl (C=O) groups excluding carboxylic acids is 1. The molecule has 2 N–H and O–H groups in total. The number of rotatable bonds is 4. The molecular weight excluding hydrogens is 312 g/mol. The topological polar surface area (TPSA) is 76.0 Å². The van der Waals surface area contributed by atoms with E-state index in [1.807, 2.05) is 0 Å². The van der Waals surface area contributed by atoms with E-state index >= 15 is 0 Å². The summed E-state index contributed by atoms with van der Waals surface area (Å²) in [6.45, 7) is 0.00565. The summed E-state index contributed by atoms with van der Waals surface area (Å²) in [5.41, 5.74) is 0.00651. The van der Waals surface area contributed by atoms with Crippen molar-refractivity contribution in [2.75, 3.05) is 6.79 Å². The van der Waals surface area contributed by atoms with Crippen molar-refractivity contribution in [1.29, 1.82) is 0 Å². The summed E-state index contributed by atoms with van der Waals surface area (Å²) >= 11 is 0. The van der Waals surface area contributed by atoms with Gasteiger partial charge in [-0.25, -0.2) is 4.39 Å². The number of halogens is 4. The molecule has 2 rings (SSSR count). The van der Waals surface area contributed by atoms with Crippen LogP contribution < -0.4 is 0 Å².